The molecular weight excluding hydrogens is 232 g/mol. The largest absolute Gasteiger partial charge is 0.479 e. The molecule has 7 nitrogen and oxygen atoms in total. The van der Waals surface area contributed by atoms with Crippen molar-refractivity contribution in [2.45, 2.75) is 6.54 Å². The van der Waals surface area contributed by atoms with Gasteiger partial charge in [-0.15, -0.1) is 0 Å². The molecule has 0 saturated heterocycles. The van der Waals surface area contributed by atoms with E-state index in [4.69, 9.17) is 10.5 Å². The summed E-state index contributed by atoms with van der Waals surface area (Å²) in [6.45, 7) is 0.665. The van der Waals surface area contributed by atoms with Crippen LogP contribution in [-0.2, 0) is 13.6 Å². The molecule has 0 saturated carbocycles. The van der Waals surface area contributed by atoms with Crippen molar-refractivity contribution in [3.05, 3.63) is 24.3 Å². The molecule has 2 N–H and O–H groups in total. The van der Waals surface area contributed by atoms with Crippen LogP contribution in [0.3, 0.4) is 0 Å². The summed E-state index contributed by atoms with van der Waals surface area (Å²) in [5.41, 5.74) is 7.46. The average molecular weight is 248 g/mol. The molecule has 0 fully saturated rings. The van der Waals surface area contributed by atoms with E-state index in [9.17, 15) is 0 Å². The highest BCUT2D eigenvalue weighted by Gasteiger charge is 2.13. The quantitative estimate of drug-likeness (QED) is 0.845. The minimum Gasteiger partial charge on any atom is -0.479 e. The van der Waals surface area contributed by atoms with Gasteiger partial charge in [-0.1, -0.05) is 0 Å². The molecule has 2 rings (SSSR count). The van der Waals surface area contributed by atoms with E-state index in [1.165, 1.54) is 13.4 Å². The van der Waals surface area contributed by atoms with Crippen LogP contribution in [0, 0.1) is 0 Å². The predicted molar refractivity (Wildman–Crippen MR) is 68.3 cm³/mol. The number of aromatic nitrogens is 4. The summed E-state index contributed by atoms with van der Waals surface area (Å²) in [4.78, 5) is 10.0. The highest BCUT2D eigenvalue weighted by Crippen LogP contribution is 2.27. The third-order valence-corrected chi connectivity index (χ3v) is 2.56. The fourth-order valence-corrected chi connectivity index (χ4v) is 1.74. The Labute approximate surface area is 105 Å². The number of rotatable bonds is 4. The van der Waals surface area contributed by atoms with Gasteiger partial charge >= 0.3 is 0 Å². The van der Waals surface area contributed by atoms with Crippen molar-refractivity contribution >= 4 is 11.5 Å². The number of ether oxygens (including phenoxy) is 1. The van der Waals surface area contributed by atoms with E-state index < -0.39 is 0 Å². The number of nitrogens with zero attached hydrogens (tertiary/aromatic N) is 5. The van der Waals surface area contributed by atoms with E-state index in [2.05, 4.69) is 15.1 Å². The molecule has 0 bridgehead atoms. The molecule has 2 aromatic rings. The summed E-state index contributed by atoms with van der Waals surface area (Å²) < 4.78 is 6.83. The van der Waals surface area contributed by atoms with Crippen molar-refractivity contribution in [2.24, 2.45) is 7.05 Å². The Morgan fingerprint density at radius 1 is 1.44 bits per heavy atom. The van der Waals surface area contributed by atoms with Crippen LogP contribution in [0.2, 0.25) is 0 Å². The lowest BCUT2D eigenvalue weighted by molar-refractivity contribution is 0.399. The third-order valence-electron chi connectivity index (χ3n) is 2.56. The van der Waals surface area contributed by atoms with Crippen LogP contribution >= 0.6 is 0 Å². The van der Waals surface area contributed by atoms with Crippen molar-refractivity contribution < 1.29 is 4.74 Å². The zero-order valence-corrected chi connectivity index (χ0v) is 10.7. The number of methoxy groups -OCH3 is 1. The summed E-state index contributed by atoms with van der Waals surface area (Å²) in [5.74, 6) is 1.03. The van der Waals surface area contributed by atoms with Gasteiger partial charge in [-0.25, -0.2) is 4.98 Å². The van der Waals surface area contributed by atoms with Crippen LogP contribution in [0.15, 0.2) is 18.7 Å². The van der Waals surface area contributed by atoms with Crippen LogP contribution in [-0.4, -0.2) is 33.9 Å². The Morgan fingerprint density at radius 3 is 2.83 bits per heavy atom. The van der Waals surface area contributed by atoms with Crippen molar-refractivity contribution in [3.8, 4) is 5.88 Å². The molecule has 18 heavy (non-hydrogen) atoms. The molecule has 0 aliphatic rings. The van der Waals surface area contributed by atoms with Crippen molar-refractivity contribution in [2.75, 3.05) is 24.8 Å². The second kappa shape index (κ2) is 4.91. The molecule has 0 spiro atoms. The van der Waals surface area contributed by atoms with E-state index in [0.29, 0.717) is 23.9 Å². The van der Waals surface area contributed by atoms with Crippen LogP contribution in [0.1, 0.15) is 5.56 Å². The van der Waals surface area contributed by atoms with Gasteiger partial charge in [0.05, 0.1) is 13.3 Å². The average Bonchev–Trinajstić information content (AvgIpc) is 2.75. The maximum absolute atomic E-state index is 5.94. The van der Waals surface area contributed by atoms with Crippen LogP contribution in [0.25, 0.3) is 0 Å². The number of anilines is 2. The second-order valence-electron chi connectivity index (χ2n) is 4.00. The Kier molecular flexibility index (Phi) is 3.31. The fourth-order valence-electron chi connectivity index (χ4n) is 1.74. The molecule has 0 aromatic carbocycles. The molecule has 0 aliphatic heterocycles. The molecule has 0 unspecified atom stereocenters. The van der Waals surface area contributed by atoms with E-state index in [1.54, 1.807) is 4.68 Å². The summed E-state index contributed by atoms with van der Waals surface area (Å²) in [6.07, 6.45) is 5.19. The van der Waals surface area contributed by atoms with Gasteiger partial charge in [0.2, 0.25) is 5.88 Å². The number of nitrogens with two attached hydrogens (primary N) is 1. The molecule has 96 valence electrons. The standard InChI is InChI=1S/C11H16N6O/c1-16(5-8-4-15-17(2)6-8)10-9(12)11(18-3)14-7-13-10/h4,6-7H,5,12H2,1-3H3. The van der Waals surface area contributed by atoms with Gasteiger partial charge in [0.25, 0.3) is 0 Å². The zero-order chi connectivity index (χ0) is 13.1. The van der Waals surface area contributed by atoms with Crippen molar-refractivity contribution in [1.82, 2.24) is 19.7 Å². The van der Waals surface area contributed by atoms with Gasteiger partial charge in [-0.3, -0.25) is 4.68 Å². The highest BCUT2D eigenvalue weighted by molar-refractivity contribution is 5.67. The number of aryl methyl sites for hydroxylation is 1. The SMILES string of the molecule is COc1ncnc(N(C)Cc2cnn(C)c2)c1N. The maximum atomic E-state index is 5.94. The molecule has 0 aliphatic carbocycles. The van der Waals surface area contributed by atoms with E-state index >= 15 is 0 Å². The van der Waals surface area contributed by atoms with Crippen LogP contribution in [0.4, 0.5) is 11.5 Å². The van der Waals surface area contributed by atoms with Gasteiger partial charge in [-0.05, 0) is 0 Å². The topological polar surface area (TPSA) is 82.1 Å². The number of hydrogen-bond donors (Lipinski definition) is 1. The first-order chi connectivity index (χ1) is 8.61. The van der Waals surface area contributed by atoms with Crippen molar-refractivity contribution in [1.29, 1.82) is 0 Å². The van der Waals surface area contributed by atoms with E-state index in [0.717, 1.165) is 5.56 Å². The molecule has 2 aromatic heterocycles. The molecule has 7 heteroatoms. The third kappa shape index (κ3) is 2.34. The van der Waals surface area contributed by atoms with Crippen LogP contribution < -0.4 is 15.4 Å². The summed E-state index contributed by atoms with van der Waals surface area (Å²) in [7, 11) is 5.32. The normalized spacial score (nSPS) is 10.4. The second-order valence-corrected chi connectivity index (χ2v) is 4.00. The van der Waals surface area contributed by atoms with Crippen molar-refractivity contribution in [3.63, 3.8) is 0 Å². The van der Waals surface area contributed by atoms with E-state index in [-0.39, 0.29) is 0 Å². The van der Waals surface area contributed by atoms with Gasteiger partial charge in [0.1, 0.15) is 12.0 Å². The lowest BCUT2D eigenvalue weighted by Gasteiger charge is -2.19. The van der Waals surface area contributed by atoms with E-state index in [1.807, 2.05) is 31.4 Å². The number of hydrogen-bond acceptors (Lipinski definition) is 6. The Hall–Kier alpha value is -2.31. The van der Waals surface area contributed by atoms with Gasteiger partial charge in [0, 0.05) is 32.4 Å². The number of nitrogen functional groups attached to an aromatic ring is 1. The lowest BCUT2D eigenvalue weighted by Crippen LogP contribution is -2.19. The minimum absolute atomic E-state index is 0.387. The Balaban J connectivity index is 2.21. The summed E-state index contributed by atoms with van der Waals surface area (Å²) >= 11 is 0. The highest BCUT2D eigenvalue weighted by atomic mass is 16.5. The Bertz CT molecular complexity index is 538. The molecule has 2 heterocycles. The predicted octanol–water partition coefficient (Wildman–Crippen LogP) is 0.437. The maximum Gasteiger partial charge on any atom is 0.242 e. The van der Waals surface area contributed by atoms with Gasteiger partial charge in [0.15, 0.2) is 5.82 Å². The first kappa shape index (κ1) is 12.2. The molecule has 0 radical (unpaired) electrons. The first-order valence-corrected chi connectivity index (χ1v) is 5.45. The van der Waals surface area contributed by atoms with Gasteiger partial charge in [-0.2, -0.15) is 10.1 Å². The Morgan fingerprint density at radius 2 is 2.22 bits per heavy atom. The summed E-state index contributed by atoms with van der Waals surface area (Å²) in [5, 5.41) is 4.12. The molecule has 0 atom stereocenters. The molecule has 0 amide bonds. The van der Waals surface area contributed by atoms with Gasteiger partial charge < -0.3 is 15.4 Å². The monoisotopic (exact) mass is 248 g/mol. The smallest absolute Gasteiger partial charge is 0.242 e. The molecular formula is C11H16N6O. The minimum atomic E-state index is 0.387. The fraction of sp³-hybridized carbons (Fsp3) is 0.364. The summed E-state index contributed by atoms with van der Waals surface area (Å²) in [6, 6.07) is 0. The lowest BCUT2D eigenvalue weighted by atomic mass is 10.3. The zero-order valence-electron chi connectivity index (χ0n) is 10.7. The van der Waals surface area contributed by atoms with Crippen LogP contribution in [0.5, 0.6) is 5.88 Å². The first-order valence-electron chi connectivity index (χ1n) is 5.45.